The van der Waals surface area contributed by atoms with Crippen LogP contribution in [-0.4, -0.2) is 24.9 Å². The monoisotopic (exact) mass is 287 g/mol. The Balaban J connectivity index is 2.66. The van der Waals surface area contributed by atoms with E-state index < -0.39 is 11.6 Å². The SMILES string of the molecule is CC(C)CNCc1cc(F)c(OCC(C)CO)c(F)c1. The third-order valence-corrected chi connectivity index (χ3v) is 2.76. The Kier molecular flexibility index (Phi) is 6.88. The summed E-state index contributed by atoms with van der Waals surface area (Å²) in [6, 6.07) is 2.55. The fourth-order valence-electron chi connectivity index (χ4n) is 1.64. The van der Waals surface area contributed by atoms with Crippen LogP contribution in [0.3, 0.4) is 0 Å². The molecule has 0 aromatic heterocycles. The van der Waals surface area contributed by atoms with Crippen LogP contribution in [0.5, 0.6) is 5.75 Å². The first-order valence-corrected chi connectivity index (χ1v) is 6.86. The predicted molar refractivity (Wildman–Crippen MR) is 74.6 cm³/mol. The molecular weight excluding hydrogens is 264 g/mol. The molecule has 1 aromatic rings. The van der Waals surface area contributed by atoms with Crippen molar-refractivity contribution in [2.45, 2.75) is 27.3 Å². The molecule has 1 rings (SSSR count). The number of nitrogens with one attached hydrogen (secondary N) is 1. The average molecular weight is 287 g/mol. The lowest BCUT2D eigenvalue weighted by atomic mass is 10.1. The summed E-state index contributed by atoms with van der Waals surface area (Å²) in [5.74, 6) is -1.49. The molecule has 0 aliphatic carbocycles. The smallest absolute Gasteiger partial charge is 0.190 e. The van der Waals surface area contributed by atoms with Gasteiger partial charge in [0, 0.05) is 19.1 Å². The normalized spacial score (nSPS) is 12.8. The Labute approximate surface area is 119 Å². The maximum Gasteiger partial charge on any atom is 0.190 e. The van der Waals surface area contributed by atoms with Gasteiger partial charge in [-0.05, 0) is 30.2 Å². The van der Waals surface area contributed by atoms with E-state index in [1.807, 2.05) is 0 Å². The van der Waals surface area contributed by atoms with Gasteiger partial charge in [0.15, 0.2) is 17.4 Å². The molecule has 0 amide bonds. The summed E-state index contributed by atoms with van der Waals surface area (Å²) in [7, 11) is 0. The molecule has 1 aromatic carbocycles. The van der Waals surface area contributed by atoms with E-state index in [2.05, 4.69) is 19.2 Å². The second-order valence-corrected chi connectivity index (χ2v) is 5.51. The molecule has 0 heterocycles. The summed E-state index contributed by atoms with van der Waals surface area (Å²) < 4.78 is 32.7. The van der Waals surface area contributed by atoms with Gasteiger partial charge in [-0.2, -0.15) is 0 Å². The van der Waals surface area contributed by atoms with Crippen molar-refractivity contribution in [1.29, 1.82) is 0 Å². The Hall–Kier alpha value is -1.20. The largest absolute Gasteiger partial charge is 0.487 e. The highest BCUT2D eigenvalue weighted by atomic mass is 19.1. The molecule has 0 saturated heterocycles. The van der Waals surface area contributed by atoms with Gasteiger partial charge in [0.1, 0.15) is 0 Å². The third-order valence-electron chi connectivity index (χ3n) is 2.76. The number of rotatable bonds is 8. The van der Waals surface area contributed by atoms with E-state index in [1.54, 1.807) is 6.92 Å². The summed E-state index contributed by atoms with van der Waals surface area (Å²) in [5, 5.41) is 12.0. The zero-order valence-electron chi connectivity index (χ0n) is 12.2. The topological polar surface area (TPSA) is 41.5 Å². The molecule has 5 heteroatoms. The Morgan fingerprint density at radius 1 is 1.20 bits per heavy atom. The number of hydrogen-bond donors (Lipinski definition) is 2. The van der Waals surface area contributed by atoms with Crippen molar-refractivity contribution in [2.75, 3.05) is 19.8 Å². The first kappa shape index (κ1) is 16.9. The van der Waals surface area contributed by atoms with Crippen molar-refractivity contribution in [3.05, 3.63) is 29.3 Å². The summed E-state index contributed by atoms with van der Waals surface area (Å²) in [6.45, 7) is 7.06. The maximum absolute atomic E-state index is 13.8. The summed E-state index contributed by atoms with van der Waals surface area (Å²) >= 11 is 0. The lowest BCUT2D eigenvalue weighted by molar-refractivity contribution is 0.167. The standard InChI is InChI=1S/C15H23F2NO2/c1-10(2)6-18-7-12-4-13(16)15(14(17)5-12)20-9-11(3)8-19/h4-5,10-11,18-19H,6-9H2,1-3H3. The van der Waals surface area contributed by atoms with E-state index in [4.69, 9.17) is 9.84 Å². The molecule has 0 saturated carbocycles. The fraction of sp³-hybridized carbons (Fsp3) is 0.600. The highest BCUT2D eigenvalue weighted by Crippen LogP contribution is 2.24. The fourth-order valence-corrected chi connectivity index (χ4v) is 1.64. The molecule has 20 heavy (non-hydrogen) atoms. The summed E-state index contributed by atoms with van der Waals surface area (Å²) in [5.41, 5.74) is 0.545. The lowest BCUT2D eigenvalue weighted by Crippen LogP contribution is -2.19. The van der Waals surface area contributed by atoms with Crippen LogP contribution in [0.15, 0.2) is 12.1 Å². The van der Waals surface area contributed by atoms with Gasteiger partial charge in [-0.1, -0.05) is 20.8 Å². The van der Waals surface area contributed by atoms with Gasteiger partial charge in [-0.3, -0.25) is 0 Å². The van der Waals surface area contributed by atoms with Crippen molar-refractivity contribution in [3.63, 3.8) is 0 Å². The molecule has 3 nitrogen and oxygen atoms in total. The van der Waals surface area contributed by atoms with Crippen LogP contribution in [0, 0.1) is 23.5 Å². The maximum atomic E-state index is 13.8. The third kappa shape index (κ3) is 5.43. The van der Waals surface area contributed by atoms with Gasteiger partial charge < -0.3 is 15.2 Å². The zero-order valence-corrected chi connectivity index (χ0v) is 12.2. The van der Waals surface area contributed by atoms with Crippen molar-refractivity contribution < 1.29 is 18.6 Å². The molecule has 0 radical (unpaired) electrons. The van der Waals surface area contributed by atoms with Crippen LogP contribution in [0.25, 0.3) is 0 Å². The van der Waals surface area contributed by atoms with Gasteiger partial charge >= 0.3 is 0 Å². The highest BCUT2D eigenvalue weighted by molar-refractivity contribution is 5.31. The molecule has 2 N–H and O–H groups in total. The summed E-state index contributed by atoms with van der Waals surface area (Å²) in [6.07, 6.45) is 0. The van der Waals surface area contributed by atoms with Crippen molar-refractivity contribution in [2.24, 2.45) is 11.8 Å². The zero-order chi connectivity index (χ0) is 15.1. The highest BCUT2D eigenvalue weighted by Gasteiger charge is 2.14. The van der Waals surface area contributed by atoms with Crippen molar-refractivity contribution in [3.8, 4) is 5.75 Å². The second-order valence-electron chi connectivity index (χ2n) is 5.51. The number of ether oxygens (including phenoxy) is 1. The van der Waals surface area contributed by atoms with Crippen LogP contribution in [0.4, 0.5) is 8.78 Å². The van der Waals surface area contributed by atoms with E-state index >= 15 is 0 Å². The molecule has 0 fully saturated rings. The average Bonchev–Trinajstić information content (AvgIpc) is 2.37. The second kappa shape index (κ2) is 8.17. The molecule has 1 atom stereocenters. The van der Waals surface area contributed by atoms with E-state index in [-0.39, 0.29) is 24.9 Å². The Morgan fingerprint density at radius 3 is 2.30 bits per heavy atom. The molecule has 114 valence electrons. The number of benzene rings is 1. The number of halogens is 2. The van der Waals surface area contributed by atoms with Crippen LogP contribution < -0.4 is 10.1 Å². The molecule has 0 aliphatic rings. The van der Waals surface area contributed by atoms with Crippen LogP contribution >= 0.6 is 0 Å². The summed E-state index contributed by atoms with van der Waals surface area (Å²) in [4.78, 5) is 0. The van der Waals surface area contributed by atoms with Crippen LogP contribution in [0.2, 0.25) is 0 Å². The minimum Gasteiger partial charge on any atom is -0.487 e. The number of aliphatic hydroxyl groups is 1. The van der Waals surface area contributed by atoms with Gasteiger partial charge in [0.2, 0.25) is 0 Å². The van der Waals surface area contributed by atoms with Gasteiger partial charge in [0.05, 0.1) is 6.61 Å². The van der Waals surface area contributed by atoms with Gasteiger partial charge in [0.25, 0.3) is 0 Å². The first-order chi connectivity index (χ1) is 9.43. The minimum atomic E-state index is -0.712. The molecule has 0 aliphatic heterocycles. The van der Waals surface area contributed by atoms with E-state index in [9.17, 15) is 8.78 Å². The van der Waals surface area contributed by atoms with Gasteiger partial charge in [-0.15, -0.1) is 0 Å². The van der Waals surface area contributed by atoms with E-state index in [0.29, 0.717) is 18.0 Å². The van der Waals surface area contributed by atoms with Crippen molar-refractivity contribution >= 4 is 0 Å². The number of hydrogen-bond acceptors (Lipinski definition) is 3. The van der Waals surface area contributed by atoms with Gasteiger partial charge in [-0.25, -0.2) is 8.78 Å². The minimum absolute atomic E-state index is 0.0787. The van der Waals surface area contributed by atoms with Crippen molar-refractivity contribution in [1.82, 2.24) is 5.32 Å². The molecule has 0 spiro atoms. The molecule has 0 bridgehead atoms. The van der Waals surface area contributed by atoms with E-state index in [0.717, 1.165) is 6.54 Å². The number of aliphatic hydroxyl groups excluding tert-OH is 1. The predicted octanol–water partition coefficient (Wildman–Crippen LogP) is 2.72. The quantitative estimate of drug-likeness (QED) is 0.772. The Morgan fingerprint density at radius 2 is 1.80 bits per heavy atom. The lowest BCUT2D eigenvalue weighted by Gasteiger charge is -2.13. The first-order valence-electron chi connectivity index (χ1n) is 6.86. The molecular formula is C15H23F2NO2. The van der Waals surface area contributed by atoms with E-state index in [1.165, 1.54) is 12.1 Å². The Bertz CT molecular complexity index is 401. The molecule has 1 unspecified atom stereocenters. The van der Waals surface area contributed by atoms with Crippen LogP contribution in [-0.2, 0) is 6.54 Å². The van der Waals surface area contributed by atoms with Crippen LogP contribution in [0.1, 0.15) is 26.3 Å².